The molecule has 0 aliphatic carbocycles. The predicted molar refractivity (Wildman–Crippen MR) is 113 cm³/mol. The molecule has 0 amide bonds. The summed E-state index contributed by atoms with van der Waals surface area (Å²) in [6.45, 7) is 10.6. The lowest BCUT2D eigenvalue weighted by Gasteiger charge is -2.18. The maximum Gasteiger partial charge on any atom is 0.119 e. The second-order valence-electron chi connectivity index (χ2n) is 6.17. The van der Waals surface area contributed by atoms with Gasteiger partial charge < -0.3 is 15.0 Å². The van der Waals surface area contributed by atoms with Crippen molar-refractivity contribution < 1.29 is 4.74 Å². The van der Waals surface area contributed by atoms with Crippen LogP contribution in [-0.4, -0.2) is 43.4 Å². The lowest BCUT2D eigenvalue weighted by molar-refractivity contribution is 0.298. The molecular weight excluding hydrogens is 340 g/mol. The van der Waals surface area contributed by atoms with Crippen LogP contribution in [0.3, 0.4) is 0 Å². The first-order chi connectivity index (χ1) is 12.8. The van der Waals surface area contributed by atoms with E-state index >= 15 is 0 Å². The molecule has 4 heteroatoms. The van der Waals surface area contributed by atoms with E-state index in [1.807, 2.05) is 42.1 Å². The van der Waals surface area contributed by atoms with Gasteiger partial charge in [0.1, 0.15) is 5.75 Å². The third-order valence-electron chi connectivity index (χ3n) is 4.36. The molecule has 26 heavy (non-hydrogen) atoms. The maximum atomic E-state index is 5.78. The summed E-state index contributed by atoms with van der Waals surface area (Å²) in [5.41, 5.74) is 1.38. The lowest BCUT2D eigenvalue weighted by atomic mass is 10.2. The van der Waals surface area contributed by atoms with Gasteiger partial charge in [0.2, 0.25) is 0 Å². The van der Waals surface area contributed by atoms with Gasteiger partial charge in [-0.05, 0) is 56.4 Å². The van der Waals surface area contributed by atoms with E-state index in [4.69, 9.17) is 4.74 Å². The Morgan fingerprint density at radius 3 is 2.46 bits per heavy atom. The van der Waals surface area contributed by atoms with Gasteiger partial charge in [0.15, 0.2) is 0 Å². The van der Waals surface area contributed by atoms with E-state index in [0.717, 1.165) is 44.3 Å². The summed E-state index contributed by atoms with van der Waals surface area (Å²) >= 11 is 1.87. The van der Waals surface area contributed by atoms with Crippen molar-refractivity contribution in [2.45, 2.75) is 31.7 Å². The van der Waals surface area contributed by atoms with E-state index in [-0.39, 0.29) is 0 Å². The van der Waals surface area contributed by atoms with Gasteiger partial charge in [0, 0.05) is 17.2 Å². The van der Waals surface area contributed by atoms with E-state index in [1.54, 1.807) is 0 Å². The number of benzene rings is 2. The second-order valence-corrected chi connectivity index (χ2v) is 7.31. The van der Waals surface area contributed by atoms with Crippen molar-refractivity contribution in [3.05, 3.63) is 60.2 Å². The number of para-hydroxylation sites is 1. The largest absolute Gasteiger partial charge is 0.493 e. The SMILES string of the molecule is CCN(CC)CCCNCc1ccccc1SCCOc1ccccc1. The molecule has 0 atom stereocenters. The molecule has 2 rings (SSSR count). The Morgan fingerprint density at radius 1 is 0.962 bits per heavy atom. The molecule has 0 bridgehead atoms. The zero-order valence-electron chi connectivity index (χ0n) is 16.1. The zero-order valence-corrected chi connectivity index (χ0v) is 16.9. The van der Waals surface area contributed by atoms with E-state index in [0.29, 0.717) is 0 Å². The third-order valence-corrected chi connectivity index (χ3v) is 5.44. The number of hydrogen-bond acceptors (Lipinski definition) is 4. The molecule has 0 fully saturated rings. The van der Waals surface area contributed by atoms with E-state index in [9.17, 15) is 0 Å². The van der Waals surface area contributed by atoms with Gasteiger partial charge in [-0.1, -0.05) is 50.2 Å². The van der Waals surface area contributed by atoms with Crippen molar-refractivity contribution in [2.24, 2.45) is 0 Å². The van der Waals surface area contributed by atoms with Crippen molar-refractivity contribution in [1.82, 2.24) is 10.2 Å². The fraction of sp³-hybridized carbons (Fsp3) is 0.455. The minimum Gasteiger partial charge on any atom is -0.493 e. The van der Waals surface area contributed by atoms with E-state index < -0.39 is 0 Å². The van der Waals surface area contributed by atoms with Crippen molar-refractivity contribution in [3.63, 3.8) is 0 Å². The molecule has 2 aromatic rings. The van der Waals surface area contributed by atoms with E-state index in [2.05, 4.69) is 48.3 Å². The monoisotopic (exact) mass is 372 g/mol. The van der Waals surface area contributed by atoms with Crippen LogP contribution in [0.5, 0.6) is 5.75 Å². The summed E-state index contributed by atoms with van der Waals surface area (Å²) in [5, 5.41) is 3.59. The zero-order chi connectivity index (χ0) is 18.5. The lowest BCUT2D eigenvalue weighted by Crippen LogP contribution is -2.27. The number of ether oxygens (including phenoxy) is 1. The standard InChI is InChI=1S/C22H32N2OS/c1-3-24(4-2)16-10-15-23-19-20-11-8-9-14-22(20)26-18-17-25-21-12-6-5-7-13-21/h5-9,11-14,23H,3-4,10,15-19H2,1-2H3. The van der Waals surface area contributed by atoms with Crippen LogP contribution in [0.25, 0.3) is 0 Å². The van der Waals surface area contributed by atoms with Crippen LogP contribution in [0.2, 0.25) is 0 Å². The van der Waals surface area contributed by atoms with Gasteiger partial charge >= 0.3 is 0 Å². The van der Waals surface area contributed by atoms with Crippen molar-refractivity contribution >= 4 is 11.8 Å². The average molecular weight is 373 g/mol. The van der Waals surface area contributed by atoms with Crippen LogP contribution in [0.1, 0.15) is 25.8 Å². The van der Waals surface area contributed by atoms with Crippen LogP contribution >= 0.6 is 11.8 Å². The first-order valence-corrected chi connectivity index (χ1v) is 10.6. The third kappa shape index (κ3) is 7.81. The summed E-state index contributed by atoms with van der Waals surface area (Å²) < 4.78 is 5.78. The fourth-order valence-corrected chi connectivity index (χ4v) is 3.70. The first kappa shape index (κ1) is 20.8. The molecule has 1 N–H and O–H groups in total. The molecule has 3 nitrogen and oxygen atoms in total. The Kier molecular flexibility index (Phi) is 10.2. The van der Waals surface area contributed by atoms with Gasteiger partial charge in [-0.25, -0.2) is 0 Å². The summed E-state index contributed by atoms with van der Waals surface area (Å²) in [5.74, 6) is 1.89. The fourth-order valence-electron chi connectivity index (χ4n) is 2.81. The molecule has 0 saturated carbocycles. The average Bonchev–Trinajstić information content (AvgIpc) is 2.70. The smallest absolute Gasteiger partial charge is 0.119 e. The maximum absolute atomic E-state index is 5.78. The summed E-state index contributed by atoms with van der Waals surface area (Å²) in [7, 11) is 0. The predicted octanol–water partition coefficient (Wildman–Crippen LogP) is 4.68. The topological polar surface area (TPSA) is 24.5 Å². The van der Waals surface area contributed by atoms with Crippen molar-refractivity contribution in [3.8, 4) is 5.75 Å². The Bertz CT molecular complexity index is 602. The highest BCUT2D eigenvalue weighted by Crippen LogP contribution is 2.22. The molecule has 0 heterocycles. The Hall–Kier alpha value is -1.49. The van der Waals surface area contributed by atoms with Gasteiger partial charge in [-0.3, -0.25) is 0 Å². The molecule has 0 aliphatic rings. The molecule has 0 unspecified atom stereocenters. The number of nitrogens with one attached hydrogen (secondary N) is 1. The van der Waals surface area contributed by atoms with Crippen LogP contribution < -0.4 is 10.1 Å². The van der Waals surface area contributed by atoms with Crippen LogP contribution in [-0.2, 0) is 6.54 Å². The summed E-state index contributed by atoms with van der Waals surface area (Å²) in [4.78, 5) is 3.82. The molecule has 2 aromatic carbocycles. The van der Waals surface area contributed by atoms with Gasteiger partial charge in [-0.15, -0.1) is 11.8 Å². The Balaban J connectivity index is 1.68. The van der Waals surface area contributed by atoms with Crippen LogP contribution in [0.4, 0.5) is 0 Å². The molecule has 142 valence electrons. The Labute approximate surface area is 163 Å². The minimum atomic E-state index is 0.723. The normalized spacial score (nSPS) is 11.0. The highest BCUT2D eigenvalue weighted by atomic mass is 32.2. The molecular formula is C22H32N2OS. The number of hydrogen-bond donors (Lipinski definition) is 1. The van der Waals surface area contributed by atoms with Crippen LogP contribution in [0, 0.1) is 0 Å². The second kappa shape index (κ2) is 12.8. The molecule has 0 spiro atoms. The quantitative estimate of drug-likeness (QED) is 0.408. The number of thioether (sulfide) groups is 1. The van der Waals surface area contributed by atoms with Crippen LogP contribution in [0.15, 0.2) is 59.5 Å². The summed E-state index contributed by atoms with van der Waals surface area (Å²) in [6.07, 6.45) is 1.20. The summed E-state index contributed by atoms with van der Waals surface area (Å²) in [6, 6.07) is 18.7. The van der Waals surface area contributed by atoms with E-state index in [1.165, 1.54) is 23.4 Å². The molecule has 0 radical (unpaired) electrons. The van der Waals surface area contributed by atoms with Gasteiger partial charge in [-0.2, -0.15) is 0 Å². The number of rotatable bonds is 13. The molecule has 0 aromatic heterocycles. The highest BCUT2D eigenvalue weighted by molar-refractivity contribution is 7.99. The van der Waals surface area contributed by atoms with Crippen molar-refractivity contribution in [2.75, 3.05) is 38.5 Å². The molecule has 0 saturated heterocycles. The molecule has 0 aliphatic heterocycles. The van der Waals surface area contributed by atoms with Crippen molar-refractivity contribution in [1.29, 1.82) is 0 Å². The van der Waals surface area contributed by atoms with Gasteiger partial charge in [0.25, 0.3) is 0 Å². The Morgan fingerprint density at radius 2 is 1.69 bits per heavy atom. The highest BCUT2D eigenvalue weighted by Gasteiger charge is 2.03. The first-order valence-electron chi connectivity index (χ1n) is 9.65. The minimum absolute atomic E-state index is 0.723. The van der Waals surface area contributed by atoms with Gasteiger partial charge in [0.05, 0.1) is 6.61 Å². The number of nitrogens with zero attached hydrogens (tertiary/aromatic N) is 1.